The second-order valence-electron chi connectivity index (χ2n) is 6.09. The van der Waals surface area contributed by atoms with Crippen LogP contribution < -0.4 is 10.6 Å². The molecule has 9 heteroatoms. The molecular weight excluding hydrogens is 350 g/mol. The molecule has 1 atom stereocenters. The molecule has 0 aliphatic carbocycles. The summed E-state index contributed by atoms with van der Waals surface area (Å²) < 4.78 is 1.59. The molecule has 2 aromatic heterocycles. The number of amides is 2. The summed E-state index contributed by atoms with van der Waals surface area (Å²) in [5, 5.41) is 19.0. The Bertz CT molecular complexity index is 846. The van der Waals surface area contributed by atoms with Gasteiger partial charge in [-0.05, 0) is 66.7 Å². The number of tetrazole rings is 1. The van der Waals surface area contributed by atoms with E-state index in [1.807, 2.05) is 50.7 Å². The van der Waals surface area contributed by atoms with Crippen LogP contribution in [0, 0.1) is 6.92 Å². The number of aryl methyl sites for hydroxylation is 1. The van der Waals surface area contributed by atoms with Gasteiger partial charge >= 0.3 is 6.03 Å². The number of rotatable bonds is 6. The molecule has 0 radical (unpaired) electrons. The second-order valence-corrected chi connectivity index (χ2v) is 7.06. The van der Waals surface area contributed by atoms with Gasteiger partial charge in [0, 0.05) is 17.1 Å². The van der Waals surface area contributed by atoms with Crippen molar-refractivity contribution < 1.29 is 4.79 Å². The summed E-state index contributed by atoms with van der Waals surface area (Å²) in [5.74, 6) is 0. The Balaban J connectivity index is 1.60. The summed E-state index contributed by atoms with van der Waals surface area (Å²) in [5.41, 5.74) is 2.54. The van der Waals surface area contributed by atoms with Crippen LogP contribution in [0.1, 0.15) is 16.5 Å². The van der Waals surface area contributed by atoms with E-state index in [1.165, 1.54) is 11.2 Å². The molecule has 0 saturated carbocycles. The highest BCUT2D eigenvalue weighted by molar-refractivity contribution is 7.10. The summed E-state index contributed by atoms with van der Waals surface area (Å²) in [7, 11) is 4.01. The van der Waals surface area contributed by atoms with Crippen LogP contribution >= 0.6 is 11.3 Å². The molecule has 0 bridgehead atoms. The lowest BCUT2D eigenvalue weighted by molar-refractivity contribution is 0.244. The van der Waals surface area contributed by atoms with E-state index in [1.54, 1.807) is 16.0 Å². The molecule has 2 amide bonds. The number of carbonyl (C=O) groups is 1. The molecule has 8 nitrogen and oxygen atoms in total. The number of hydrogen-bond donors (Lipinski definition) is 2. The fourth-order valence-corrected chi connectivity index (χ4v) is 3.57. The maximum Gasteiger partial charge on any atom is 0.319 e. The minimum atomic E-state index is -0.233. The number of hydrogen-bond acceptors (Lipinski definition) is 6. The van der Waals surface area contributed by atoms with Crippen molar-refractivity contribution in [3.63, 3.8) is 0 Å². The van der Waals surface area contributed by atoms with E-state index in [0.29, 0.717) is 12.2 Å². The van der Waals surface area contributed by atoms with Crippen molar-refractivity contribution in [2.75, 3.05) is 26.0 Å². The van der Waals surface area contributed by atoms with Crippen molar-refractivity contribution in [3.8, 4) is 5.69 Å². The monoisotopic (exact) mass is 371 g/mol. The first-order valence-electron chi connectivity index (χ1n) is 8.13. The Kier molecular flexibility index (Phi) is 5.59. The minimum absolute atomic E-state index is 0.143. The van der Waals surface area contributed by atoms with Crippen LogP contribution in [-0.4, -0.2) is 51.8 Å². The third-order valence-electron chi connectivity index (χ3n) is 4.00. The fourth-order valence-electron chi connectivity index (χ4n) is 2.65. The second kappa shape index (κ2) is 8.07. The van der Waals surface area contributed by atoms with Crippen LogP contribution in [0.2, 0.25) is 0 Å². The number of nitrogens with one attached hydrogen (secondary N) is 2. The van der Waals surface area contributed by atoms with Crippen LogP contribution in [-0.2, 0) is 0 Å². The van der Waals surface area contributed by atoms with E-state index in [-0.39, 0.29) is 12.1 Å². The Labute approximate surface area is 155 Å². The van der Waals surface area contributed by atoms with E-state index in [2.05, 4.69) is 37.1 Å². The van der Waals surface area contributed by atoms with Crippen molar-refractivity contribution in [3.05, 3.63) is 52.5 Å². The lowest BCUT2D eigenvalue weighted by Crippen LogP contribution is -2.36. The van der Waals surface area contributed by atoms with Crippen molar-refractivity contribution in [2.24, 2.45) is 0 Å². The summed E-state index contributed by atoms with van der Waals surface area (Å²) in [6.45, 7) is 2.47. The molecular formula is C17H21N7OS. The number of urea groups is 1. The van der Waals surface area contributed by atoms with E-state index < -0.39 is 0 Å². The van der Waals surface area contributed by atoms with Crippen molar-refractivity contribution in [1.82, 2.24) is 30.4 Å². The molecule has 0 fully saturated rings. The highest BCUT2D eigenvalue weighted by atomic mass is 32.1. The van der Waals surface area contributed by atoms with Crippen molar-refractivity contribution >= 4 is 23.1 Å². The van der Waals surface area contributed by atoms with Crippen LogP contribution in [0.15, 0.2) is 42.0 Å². The first-order chi connectivity index (χ1) is 12.5. The number of thiophene rings is 1. The standard InChI is InChI=1S/C17H21N7OS/c1-12-9-13(6-7-14(12)24-11-19-21-22-24)20-17(25)18-10-15(23(2)3)16-5-4-8-26-16/h4-9,11,15H,10H2,1-3H3,(H2,18,20,25). The van der Waals surface area contributed by atoms with Gasteiger partial charge in [0.1, 0.15) is 6.33 Å². The zero-order valence-electron chi connectivity index (χ0n) is 14.9. The highest BCUT2D eigenvalue weighted by Crippen LogP contribution is 2.22. The van der Waals surface area contributed by atoms with Gasteiger partial charge in [-0.25, -0.2) is 9.48 Å². The van der Waals surface area contributed by atoms with Crippen LogP contribution in [0.5, 0.6) is 0 Å². The molecule has 3 rings (SSSR count). The number of aromatic nitrogens is 4. The van der Waals surface area contributed by atoms with E-state index in [4.69, 9.17) is 0 Å². The number of likely N-dealkylation sites (N-methyl/N-ethyl adjacent to an activating group) is 1. The SMILES string of the molecule is Cc1cc(NC(=O)NCC(c2cccs2)N(C)C)ccc1-n1cnnn1. The molecule has 2 N–H and O–H groups in total. The lowest BCUT2D eigenvalue weighted by atomic mass is 10.2. The molecule has 0 saturated heterocycles. The normalized spacial score (nSPS) is 12.2. The predicted octanol–water partition coefficient (Wildman–Crippen LogP) is 2.46. The third kappa shape index (κ3) is 4.24. The van der Waals surface area contributed by atoms with Crippen LogP contribution in [0.3, 0.4) is 0 Å². The summed E-state index contributed by atoms with van der Waals surface area (Å²) in [4.78, 5) is 15.6. The zero-order chi connectivity index (χ0) is 18.5. The largest absolute Gasteiger partial charge is 0.336 e. The summed E-state index contributed by atoms with van der Waals surface area (Å²) in [6, 6.07) is 9.59. The maximum atomic E-state index is 12.3. The molecule has 136 valence electrons. The van der Waals surface area contributed by atoms with Gasteiger partial charge in [-0.2, -0.15) is 0 Å². The van der Waals surface area contributed by atoms with Gasteiger partial charge in [0.2, 0.25) is 0 Å². The molecule has 0 aliphatic rings. The Hall–Kier alpha value is -2.78. The molecule has 0 spiro atoms. The van der Waals surface area contributed by atoms with Gasteiger partial charge in [0.05, 0.1) is 11.7 Å². The first kappa shape index (κ1) is 18.0. The van der Waals surface area contributed by atoms with Crippen LogP contribution in [0.4, 0.5) is 10.5 Å². The number of nitrogens with zero attached hydrogens (tertiary/aromatic N) is 5. The van der Waals surface area contributed by atoms with Gasteiger partial charge in [-0.15, -0.1) is 16.4 Å². The van der Waals surface area contributed by atoms with Crippen molar-refractivity contribution in [1.29, 1.82) is 0 Å². The molecule has 0 aliphatic heterocycles. The molecule has 1 unspecified atom stereocenters. The van der Waals surface area contributed by atoms with Gasteiger partial charge in [0.25, 0.3) is 0 Å². The highest BCUT2D eigenvalue weighted by Gasteiger charge is 2.16. The number of benzene rings is 1. The average molecular weight is 371 g/mol. The van der Waals surface area contributed by atoms with Crippen LogP contribution in [0.25, 0.3) is 5.69 Å². The first-order valence-corrected chi connectivity index (χ1v) is 9.01. The maximum absolute atomic E-state index is 12.3. The van der Waals surface area contributed by atoms with Gasteiger partial charge in [-0.1, -0.05) is 6.07 Å². The average Bonchev–Trinajstić information content (AvgIpc) is 3.28. The Morgan fingerprint density at radius 1 is 1.35 bits per heavy atom. The summed E-state index contributed by atoms with van der Waals surface area (Å²) >= 11 is 1.69. The predicted molar refractivity (Wildman–Crippen MR) is 102 cm³/mol. The smallest absolute Gasteiger partial charge is 0.319 e. The molecule has 26 heavy (non-hydrogen) atoms. The number of carbonyl (C=O) groups excluding carboxylic acids is 1. The Morgan fingerprint density at radius 2 is 2.19 bits per heavy atom. The quantitative estimate of drug-likeness (QED) is 0.695. The van der Waals surface area contributed by atoms with E-state index in [0.717, 1.165) is 11.3 Å². The van der Waals surface area contributed by atoms with E-state index >= 15 is 0 Å². The number of anilines is 1. The van der Waals surface area contributed by atoms with Crippen molar-refractivity contribution in [2.45, 2.75) is 13.0 Å². The van der Waals surface area contributed by atoms with Gasteiger partial charge < -0.3 is 15.5 Å². The Morgan fingerprint density at radius 3 is 2.81 bits per heavy atom. The lowest BCUT2D eigenvalue weighted by Gasteiger charge is -2.23. The minimum Gasteiger partial charge on any atom is -0.336 e. The molecule has 3 aromatic rings. The fraction of sp³-hybridized carbons (Fsp3) is 0.294. The van der Waals surface area contributed by atoms with Gasteiger partial charge in [-0.3, -0.25) is 0 Å². The zero-order valence-corrected chi connectivity index (χ0v) is 15.7. The molecule has 2 heterocycles. The summed E-state index contributed by atoms with van der Waals surface area (Å²) in [6.07, 6.45) is 1.54. The van der Waals surface area contributed by atoms with Gasteiger partial charge in [0.15, 0.2) is 0 Å². The van der Waals surface area contributed by atoms with E-state index in [9.17, 15) is 4.79 Å². The topological polar surface area (TPSA) is 88.0 Å². The third-order valence-corrected chi connectivity index (χ3v) is 4.97. The molecule has 1 aromatic carbocycles.